The van der Waals surface area contributed by atoms with E-state index in [9.17, 15) is 0 Å². The summed E-state index contributed by atoms with van der Waals surface area (Å²) in [7, 11) is 2.26. The number of nitrogens with one attached hydrogen (secondary N) is 1. The number of hydrogen-bond acceptors (Lipinski definition) is 4. The zero-order valence-electron chi connectivity index (χ0n) is 13.0. The van der Waals surface area contributed by atoms with Crippen LogP contribution in [0, 0.1) is 0 Å². The molecule has 4 nitrogen and oxygen atoms in total. The Kier molecular flexibility index (Phi) is 4.91. The fourth-order valence-electron chi connectivity index (χ4n) is 3.75. The first-order valence-electron chi connectivity index (χ1n) is 8.18. The average molecular weight is 288 g/mol. The van der Waals surface area contributed by atoms with Crippen molar-refractivity contribution in [3.63, 3.8) is 0 Å². The number of rotatable bonds is 3. The predicted molar refractivity (Wildman–Crippen MR) is 87.1 cm³/mol. The molecule has 4 heteroatoms. The maximum Gasteiger partial charge on any atom is 0.0374 e. The number of nitrogens with two attached hydrogens (primary N) is 1. The molecule has 1 aromatic rings. The Morgan fingerprint density at radius 3 is 2.76 bits per heavy atom. The highest BCUT2D eigenvalue weighted by molar-refractivity contribution is 5.15. The van der Waals surface area contributed by atoms with Gasteiger partial charge in [-0.25, -0.2) is 0 Å². The lowest BCUT2D eigenvalue weighted by molar-refractivity contribution is 0.0406. The molecule has 0 amide bonds. The van der Waals surface area contributed by atoms with Crippen LogP contribution in [0.1, 0.15) is 18.4 Å². The summed E-state index contributed by atoms with van der Waals surface area (Å²) in [5, 5.41) is 3.55. The first kappa shape index (κ1) is 15.0. The highest BCUT2D eigenvalue weighted by Crippen LogP contribution is 2.24. The summed E-state index contributed by atoms with van der Waals surface area (Å²) in [4.78, 5) is 5.16. The molecule has 21 heavy (non-hydrogen) atoms. The molecule has 0 aliphatic carbocycles. The summed E-state index contributed by atoms with van der Waals surface area (Å²) in [6.45, 7) is 5.48. The number of benzene rings is 1. The zero-order chi connectivity index (χ0) is 14.7. The van der Waals surface area contributed by atoms with Crippen molar-refractivity contribution in [2.45, 2.75) is 37.5 Å². The molecule has 2 fully saturated rings. The summed E-state index contributed by atoms with van der Waals surface area (Å²) in [5.74, 6) is 0. The van der Waals surface area contributed by atoms with Gasteiger partial charge in [-0.15, -0.1) is 0 Å². The Hall–Kier alpha value is -0.940. The summed E-state index contributed by atoms with van der Waals surface area (Å²) in [5.41, 5.74) is 7.67. The molecule has 3 unspecified atom stereocenters. The van der Waals surface area contributed by atoms with Crippen LogP contribution in [-0.4, -0.2) is 61.2 Å². The first-order chi connectivity index (χ1) is 10.2. The van der Waals surface area contributed by atoms with E-state index in [1.54, 1.807) is 0 Å². The molecule has 0 bridgehead atoms. The van der Waals surface area contributed by atoms with Gasteiger partial charge in [-0.1, -0.05) is 30.3 Å². The lowest BCUT2D eigenvalue weighted by Gasteiger charge is -2.47. The summed E-state index contributed by atoms with van der Waals surface area (Å²) in [6, 6.07) is 12.3. The van der Waals surface area contributed by atoms with E-state index in [1.807, 2.05) is 0 Å². The van der Waals surface area contributed by atoms with E-state index in [2.05, 4.69) is 52.5 Å². The smallest absolute Gasteiger partial charge is 0.0374 e. The van der Waals surface area contributed by atoms with Gasteiger partial charge < -0.3 is 11.1 Å². The van der Waals surface area contributed by atoms with Gasteiger partial charge in [0.25, 0.3) is 0 Å². The average Bonchev–Trinajstić information content (AvgIpc) is 2.51. The van der Waals surface area contributed by atoms with Gasteiger partial charge in [0.15, 0.2) is 0 Å². The third-order valence-electron chi connectivity index (χ3n) is 5.03. The van der Waals surface area contributed by atoms with Crippen molar-refractivity contribution in [3.8, 4) is 0 Å². The van der Waals surface area contributed by atoms with Crippen LogP contribution in [0.3, 0.4) is 0 Å². The maximum atomic E-state index is 6.27. The van der Waals surface area contributed by atoms with Crippen molar-refractivity contribution in [3.05, 3.63) is 35.9 Å². The van der Waals surface area contributed by atoms with E-state index in [0.29, 0.717) is 18.1 Å². The SMILES string of the molecule is CN1CCNCC1C1CC(N)CCN1Cc1ccccc1. The van der Waals surface area contributed by atoms with Crippen molar-refractivity contribution < 1.29 is 0 Å². The lowest BCUT2D eigenvalue weighted by Crippen LogP contribution is -2.62. The number of nitrogens with zero attached hydrogens (tertiary/aromatic N) is 2. The molecule has 1 aromatic carbocycles. The summed E-state index contributed by atoms with van der Waals surface area (Å²) >= 11 is 0. The fraction of sp³-hybridized carbons (Fsp3) is 0.647. The van der Waals surface area contributed by atoms with Crippen molar-refractivity contribution in [2.24, 2.45) is 5.73 Å². The molecule has 2 heterocycles. The van der Waals surface area contributed by atoms with Crippen molar-refractivity contribution in [2.75, 3.05) is 33.2 Å². The molecule has 3 rings (SSSR count). The molecule has 2 aliphatic rings. The minimum atomic E-state index is 0.359. The van der Waals surface area contributed by atoms with E-state index in [-0.39, 0.29) is 0 Å². The normalized spacial score (nSPS) is 32.2. The Morgan fingerprint density at radius 2 is 2.00 bits per heavy atom. The Morgan fingerprint density at radius 1 is 1.19 bits per heavy atom. The lowest BCUT2D eigenvalue weighted by atomic mass is 9.90. The van der Waals surface area contributed by atoms with Gasteiger partial charge in [-0.05, 0) is 25.5 Å². The zero-order valence-corrected chi connectivity index (χ0v) is 13.0. The van der Waals surface area contributed by atoms with Crippen LogP contribution in [0.25, 0.3) is 0 Å². The molecule has 0 radical (unpaired) electrons. The quantitative estimate of drug-likeness (QED) is 0.867. The second-order valence-corrected chi connectivity index (χ2v) is 6.56. The minimum absolute atomic E-state index is 0.359. The van der Waals surface area contributed by atoms with Gasteiger partial charge in [0.05, 0.1) is 0 Å². The number of hydrogen-bond donors (Lipinski definition) is 2. The van der Waals surface area contributed by atoms with Crippen molar-refractivity contribution in [1.82, 2.24) is 15.1 Å². The topological polar surface area (TPSA) is 44.5 Å². The van der Waals surface area contributed by atoms with Gasteiger partial charge in [0.1, 0.15) is 0 Å². The fourth-order valence-corrected chi connectivity index (χ4v) is 3.75. The van der Waals surface area contributed by atoms with Crippen LogP contribution < -0.4 is 11.1 Å². The summed E-state index contributed by atoms with van der Waals surface area (Å²) in [6.07, 6.45) is 2.23. The number of piperazine rings is 1. The van der Waals surface area contributed by atoms with E-state index < -0.39 is 0 Å². The van der Waals surface area contributed by atoms with Crippen LogP contribution in [0.5, 0.6) is 0 Å². The minimum Gasteiger partial charge on any atom is -0.328 e. The largest absolute Gasteiger partial charge is 0.328 e. The van der Waals surface area contributed by atoms with Crippen LogP contribution in [0.2, 0.25) is 0 Å². The van der Waals surface area contributed by atoms with Gasteiger partial charge in [0, 0.05) is 50.8 Å². The molecule has 0 spiro atoms. The van der Waals surface area contributed by atoms with Crippen LogP contribution in [-0.2, 0) is 6.54 Å². The van der Waals surface area contributed by atoms with Crippen LogP contribution in [0.15, 0.2) is 30.3 Å². The van der Waals surface area contributed by atoms with Gasteiger partial charge >= 0.3 is 0 Å². The highest BCUT2D eigenvalue weighted by Gasteiger charge is 2.35. The van der Waals surface area contributed by atoms with Crippen LogP contribution in [0.4, 0.5) is 0 Å². The Bertz CT molecular complexity index is 436. The molecule has 0 aromatic heterocycles. The molecule has 2 saturated heterocycles. The highest BCUT2D eigenvalue weighted by atomic mass is 15.3. The molecule has 2 aliphatic heterocycles. The number of likely N-dealkylation sites (tertiary alicyclic amines) is 1. The molecular weight excluding hydrogens is 260 g/mol. The predicted octanol–water partition coefficient (Wildman–Crippen LogP) is 0.882. The van der Waals surface area contributed by atoms with Crippen molar-refractivity contribution in [1.29, 1.82) is 0 Å². The molecule has 3 atom stereocenters. The third-order valence-corrected chi connectivity index (χ3v) is 5.03. The third kappa shape index (κ3) is 3.64. The van der Waals surface area contributed by atoms with Gasteiger partial charge in [0.2, 0.25) is 0 Å². The van der Waals surface area contributed by atoms with E-state index in [0.717, 1.165) is 45.6 Å². The van der Waals surface area contributed by atoms with E-state index >= 15 is 0 Å². The molecule has 3 N–H and O–H groups in total. The molecule has 0 saturated carbocycles. The first-order valence-corrected chi connectivity index (χ1v) is 8.18. The van der Waals surface area contributed by atoms with E-state index in [1.165, 1.54) is 5.56 Å². The van der Waals surface area contributed by atoms with E-state index in [4.69, 9.17) is 5.73 Å². The number of likely N-dealkylation sites (N-methyl/N-ethyl adjacent to an activating group) is 1. The van der Waals surface area contributed by atoms with Gasteiger partial charge in [-0.3, -0.25) is 9.80 Å². The Balaban J connectivity index is 1.73. The Labute approximate surface area is 128 Å². The van der Waals surface area contributed by atoms with Crippen LogP contribution >= 0.6 is 0 Å². The number of piperidine rings is 1. The molecule has 116 valence electrons. The maximum absolute atomic E-state index is 6.27. The monoisotopic (exact) mass is 288 g/mol. The summed E-state index contributed by atoms with van der Waals surface area (Å²) < 4.78 is 0. The second-order valence-electron chi connectivity index (χ2n) is 6.56. The molecular formula is C17H28N4. The van der Waals surface area contributed by atoms with Gasteiger partial charge in [-0.2, -0.15) is 0 Å². The van der Waals surface area contributed by atoms with Crippen molar-refractivity contribution >= 4 is 0 Å². The second kappa shape index (κ2) is 6.88. The standard InChI is InChI=1S/C17H28N4/c1-20-10-8-19-12-17(20)16-11-15(18)7-9-21(16)13-14-5-3-2-4-6-14/h2-6,15-17,19H,7-13,18H2,1H3.